The van der Waals surface area contributed by atoms with Crippen LogP contribution < -0.4 is 5.32 Å². The molecule has 1 rings (SSSR count). The Morgan fingerprint density at radius 3 is 2.33 bits per heavy atom. The summed E-state index contributed by atoms with van der Waals surface area (Å²) in [5.74, 6) is 1.32. The van der Waals surface area contributed by atoms with E-state index in [0.29, 0.717) is 12.5 Å². The number of anilines is 1. The van der Waals surface area contributed by atoms with E-state index in [0.717, 1.165) is 17.4 Å². The lowest BCUT2D eigenvalue weighted by molar-refractivity contribution is 0.0515. The molecule has 0 aliphatic heterocycles. The summed E-state index contributed by atoms with van der Waals surface area (Å²) < 4.78 is 4.34. The molecule has 0 spiro atoms. The summed E-state index contributed by atoms with van der Waals surface area (Å²) >= 11 is 1.35. The highest BCUT2D eigenvalue weighted by atomic mass is 32.1. The summed E-state index contributed by atoms with van der Waals surface area (Å²) in [6.07, 6.45) is 0.769. The minimum absolute atomic E-state index is 0.0309. The molecule has 0 amide bonds. The third-order valence-corrected chi connectivity index (χ3v) is 3.24. The Hall–Kier alpha value is -0.680. The van der Waals surface area contributed by atoms with Gasteiger partial charge in [-0.05, 0) is 19.3 Å². The Bertz CT molecular complexity index is 380. The maximum atomic E-state index is 10.2. The highest BCUT2D eigenvalue weighted by Crippen LogP contribution is 2.24. The summed E-state index contributed by atoms with van der Waals surface area (Å²) in [6.45, 7) is 12.8. The first-order valence-corrected chi connectivity index (χ1v) is 7.18. The molecule has 18 heavy (non-hydrogen) atoms. The first-order valence-electron chi connectivity index (χ1n) is 6.40. The molecule has 0 fully saturated rings. The van der Waals surface area contributed by atoms with Crippen LogP contribution in [0.1, 0.15) is 53.8 Å². The maximum Gasteiger partial charge on any atom is 0.202 e. The lowest BCUT2D eigenvalue weighted by atomic mass is 9.94. The van der Waals surface area contributed by atoms with Crippen LogP contribution >= 0.6 is 11.5 Å². The number of aromatic nitrogens is 2. The van der Waals surface area contributed by atoms with Crippen molar-refractivity contribution >= 4 is 16.7 Å². The zero-order valence-corrected chi connectivity index (χ0v) is 13.1. The van der Waals surface area contributed by atoms with Crippen LogP contribution in [0, 0.1) is 5.92 Å². The third-order valence-electron chi connectivity index (χ3n) is 2.57. The van der Waals surface area contributed by atoms with Gasteiger partial charge in [-0.15, -0.1) is 0 Å². The fourth-order valence-electron chi connectivity index (χ4n) is 1.82. The number of hydrogen-bond acceptors (Lipinski definition) is 5. The average molecular weight is 271 g/mol. The van der Waals surface area contributed by atoms with Crippen LogP contribution in [0.4, 0.5) is 5.13 Å². The molecule has 0 aliphatic rings. The number of aliphatic hydroxyl groups is 1. The van der Waals surface area contributed by atoms with Crippen LogP contribution in [0.25, 0.3) is 0 Å². The van der Waals surface area contributed by atoms with Gasteiger partial charge in [-0.25, -0.2) is 4.98 Å². The van der Waals surface area contributed by atoms with Gasteiger partial charge in [0.15, 0.2) is 0 Å². The predicted octanol–water partition coefficient (Wildman–Crippen LogP) is 3.04. The minimum atomic E-state index is -0.707. The largest absolute Gasteiger partial charge is 0.388 e. The Morgan fingerprint density at radius 2 is 1.89 bits per heavy atom. The number of hydrogen-bond donors (Lipinski definition) is 2. The fraction of sp³-hybridized carbons (Fsp3) is 0.846. The lowest BCUT2D eigenvalue weighted by Crippen LogP contribution is -2.34. The zero-order chi connectivity index (χ0) is 14.0. The summed E-state index contributed by atoms with van der Waals surface area (Å²) in [6, 6.07) is 0. The van der Waals surface area contributed by atoms with Gasteiger partial charge in [0.25, 0.3) is 0 Å². The molecule has 1 atom stereocenters. The van der Waals surface area contributed by atoms with Crippen LogP contribution in [0.2, 0.25) is 0 Å². The topological polar surface area (TPSA) is 58.0 Å². The van der Waals surface area contributed by atoms with E-state index in [1.54, 1.807) is 0 Å². The summed E-state index contributed by atoms with van der Waals surface area (Å²) in [5, 5.41) is 14.2. The van der Waals surface area contributed by atoms with E-state index >= 15 is 0 Å². The van der Waals surface area contributed by atoms with Crippen LogP contribution in [0.15, 0.2) is 0 Å². The molecule has 4 nitrogen and oxygen atoms in total. The molecule has 0 radical (unpaired) electrons. The first-order chi connectivity index (χ1) is 8.10. The highest BCUT2D eigenvalue weighted by molar-refractivity contribution is 7.09. The smallest absolute Gasteiger partial charge is 0.202 e. The van der Waals surface area contributed by atoms with Crippen LogP contribution in [0.5, 0.6) is 0 Å². The normalized spacial score (nSPS) is 15.8. The van der Waals surface area contributed by atoms with Crippen molar-refractivity contribution in [3.8, 4) is 0 Å². The molecular weight excluding hydrogens is 246 g/mol. The highest BCUT2D eigenvalue weighted by Gasteiger charge is 2.23. The summed E-state index contributed by atoms with van der Waals surface area (Å²) in [4.78, 5) is 4.45. The predicted molar refractivity (Wildman–Crippen MR) is 77.2 cm³/mol. The third kappa shape index (κ3) is 4.90. The van der Waals surface area contributed by atoms with E-state index in [9.17, 15) is 5.11 Å². The standard InChI is InChI=1S/C13H25N3OS/c1-9(2)7-13(6,17)8-14-11-15-10(16-18-11)12(3,4)5/h9,17H,7-8H2,1-6H3,(H,14,15,16). The van der Waals surface area contributed by atoms with Crippen molar-refractivity contribution in [2.75, 3.05) is 11.9 Å². The van der Waals surface area contributed by atoms with Crippen molar-refractivity contribution in [3.05, 3.63) is 5.82 Å². The van der Waals surface area contributed by atoms with E-state index in [2.05, 4.69) is 49.3 Å². The SMILES string of the molecule is CC(C)CC(C)(O)CNc1nc(C(C)(C)C)ns1. The monoisotopic (exact) mass is 271 g/mol. The minimum Gasteiger partial charge on any atom is -0.388 e. The lowest BCUT2D eigenvalue weighted by Gasteiger charge is -2.25. The van der Waals surface area contributed by atoms with Gasteiger partial charge >= 0.3 is 0 Å². The van der Waals surface area contributed by atoms with Gasteiger partial charge in [0.1, 0.15) is 5.82 Å². The second-order valence-corrected chi connectivity index (χ2v) is 7.37. The molecule has 0 bridgehead atoms. The Balaban J connectivity index is 2.56. The van der Waals surface area contributed by atoms with E-state index in [1.165, 1.54) is 11.5 Å². The van der Waals surface area contributed by atoms with Crippen molar-refractivity contribution in [1.82, 2.24) is 9.36 Å². The number of nitrogens with one attached hydrogen (secondary N) is 1. The van der Waals surface area contributed by atoms with E-state index in [1.807, 2.05) is 6.92 Å². The molecule has 0 saturated carbocycles. The van der Waals surface area contributed by atoms with Crippen molar-refractivity contribution in [2.45, 2.75) is 59.0 Å². The second kappa shape index (κ2) is 5.53. The quantitative estimate of drug-likeness (QED) is 0.864. The van der Waals surface area contributed by atoms with Gasteiger partial charge in [0, 0.05) is 23.5 Å². The zero-order valence-electron chi connectivity index (χ0n) is 12.2. The van der Waals surface area contributed by atoms with Gasteiger partial charge < -0.3 is 10.4 Å². The molecule has 1 aromatic heterocycles. The first kappa shape index (κ1) is 15.4. The molecule has 0 saturated heterocycles. The molecule has 0 aliphatic carbocycles. The molecule has 1 aromatic rings. The molecule has 1 heterocycles. The van der Waals surface area contributed by atoms with Gasteiger partial charge in [0.05, 0.1) is 5.60 Å². The molecule has 104 valence electrons. The second-order valence-electron chi connectivity index (χ2n) is 6.62. The van der Waals surface area contributed by atoms with E-state index in [4.69, 9.17) is 0 Å². The fourth-order valence-corrected chi connectivity index (χ4v) is 2.57. The van der Waals surface area contributed by atoms with Crippen LogP contribution in [-0.2, 0) is 5.41 Å². The van der Waals surface area contributed by atoms with Gasteiger partial charge in [-0.2, -0.15) is 4.37 Å². The van der Waals surface area contributed by atoms with Gasteiger partial charge in [0.2, 0.25) is 5.13 Å². The van der Waals surface area contributed by atoms with Gasteiger partial charge in [-0.3, -0.25) is 0 Å². The molecule has 0 aromatic carbocycles. The Kier molecular flexibility index (Phi) is 4.72. The number of nitrogens with zero attached hydrogens (tertiary/aromatic N) is 2. The van der Waals surface area contributed by atoms with Crippen molar-refractivity contribution in [1.29, 1.82) is 0 Å². The number of rotatable bonds is 5. The molecular formula is C13H25N3OS. The summed E-state index contributed by atoms with van der Waals surface area (Å²) in [7, 11) is 0. The van der Waals surface area contributed by atoms with Crippen molar-refractivity contribution < 1.29 is 5.11 Å². The Morgan fingerprint density at radius 1 is 1.28 bits per heavy atom. The van der Waals surface area contributed by atoms with Gasteiger partial charge in [-0.1, -0.05) is 34.6 Å². The van der Waals surface area contributed by atoms with E-state index in [-0.39, 0.29) is 5.41 Å². The average Bonchev–Trinajstić information content (AvgIpc) is 2.60. The summed E-state index contributed by atoms with van der Waals surface area (Å²) in [5.41, 5.74) is -0.737. The van der Waals surface area contributed by atoms with Crippen LogP contribution in [-0.4, -0.2) is 26.6 Å². The Labute approximate surface area is 114 Å². The van der Waals surface area contributed by atoms with E-state index < -0.39 is 5.60 Å². The maximum absolute atomic E-state index is 10.2. The molecule has 2 N–H and O–H groups in total. The van der Waals surface area contributed by atoms with Crippen molar-refractivity contribution in [2.24, 2.45) is 5.92 Å². The van der Waals surface area contributed by atoms with Crippen LogP contribution in [0.3, 0.4) is 0 Å². The molecule has 1 unspecified atom stereocenters. The molecule has 5 heteroatoms. The van der Waals surface area contributed by atoms with Crippen molar-refractivity contribution in [3.63, 3.8) is 0 Å².